The van der Waals surface area contributed by atoms with Gasteiger partial charge in [0.1, 0.15) is 5.52 Å². The van der Waals surface area contributed by atoms with Crippen LogP contribution in [0.2, 0.25) is 0 Å². The van der Waals surface area contributed by atoms with Crippen molar-refractivity contribution in [1.82, 2.24) is 4.98 Å². The monoisotopic (exact) mass is 284 g/mol. The number of aromatic nitrogens is 1. The van der Waals surface area contributed by atoms with E-state index >= 15 is 0 Å². The zero-order valence-electron chi connectivity index (χ0n) is 9.50. The van der Waals surface area contributed by atoms with Crippen LogP contribution in [0.25, 0.3) is 11.1 Å². The second kappa shape index (κ2) is 4.17. The number of nitrogens with two attached hydrogens (primary N) is 1. The highest BCUT2D eigenvalue weighted by atomic mass is 32.2. The van der Waals surface area contributed by atoms with E-state index in [0.717, 1.165) is 5.52 Å². The van der Waals surface area contributed by atoms with E-state index < -0.39 is 9.84 Å². The standard InChI is InChI=1S/C11H12N2O3S2/c12-7-1-2-9-10(5-7)16-11(13-9)17-8-3-4-18(14,15)6-8/h1-2,5,8H,3-4,6,12H2. The van der Waals surface area contributed by atoms with Crippen LogP contribution >= 0.6 is 11.8 Å². The summed E-state index contributed by atoms with van der Waals surface area (Å²) in [5, 5.41) is 0.554. The fraction of sp³-hybridized carbons (Fsp3) is 0.364. The van der Waals surface area contributed by atoms with Crippen molar-refractivity contribution >= 4 is 38.4 Å². The number of nitrogen functional groups attached to an aromatic ring is 1. The summed E-state index contributed by atoms with van der Waals surface area (Å²) in [5.41, 5.74) is 7.66. The van der Waals surface area contributed by atoms with E-state index in [-0.39, 0.29) is 16.8 Å². The molecule has 2 N–H and O–H groups in total. The normalized spacial score (nSPS) is 22.6. The largest absolute Gasteiger partial charge is 0.431 e. The third-order valence-electron chi connectivity index (χ3n) is 2.85. The van der Waals surface area contributed by atoms with Crippen LogP contribution in [-0.4, -0.2) is 30.2 Å². The average molecular weight is 284 g/mol. The van der Waals surface area contributed by atoms with E-state index in [9.17, 15) is 8.42 Å². The summed E-state index contributed by atoms with van der Waals surface area (Å²) < 4.78 is 28.3. The van der Waals surface area contributed by atoms with Crippen molar-refractivity contribution in [3.63, 3.8) is 0 Å². The maximum Gasteiger partial charge on any atom is 0.257 e. The van der Waals surface area contributed by atoms with Crippen LogP contribution in [0.4, 0.5) is 5.69 Å². The number of benzene rings is 1. The molecule has 0 amide bonds. The number of fused-ring (bicyclic) bond motifs is 1. The molecule has 0 aliphatic carbocycles. The van der Waals surface area contributed by atoms with Gasteiger partial charge in [-0.1, -0.05) is 11.8 Å². The average Bonchev–Trinajstić information content (AvgIpc) is 2.81. The van der Waals surface area contributed by atoms with Crippen molar-refractivity contribution < 1.29 is 12.8 Å². The summed E-state index contributed by atoms with van der Waals surface area (Å²) in [6.07, 6.45) is 0.661. The number of nitrogens with zero attached hydrogens (tertiary/aromatic N) is 1. The topological polar surface area (TPSA) is 86.2 Å². The molecular weight excluding hydrogens is 272 g/mol. The fourth-order valence-electron chi connectivity index (χ4n) is 1.97. The van der Waals surface area contributed by atoms with Gasteiger partial charge in [0.2, 0.25) is 0 Å². The van der Waals surface area contributed by atoms with E-state index in [4.69, 9.17) is 10.2 Å². The number of oxazole rings is 1. The Morgan fingerprint density at radius 3 is 3.00 bits per heavy atom. The lowest BCUT2D eigenvalue weighted by Gasteiger charge is -2.01. The van der Waals surface area contributed by atoms with E-state index in [1.54, 1.807) is 18.2 Å². The maximum atomic E-state index is 11.4. The summed E-state index contributed by atoms with van der Waals surface area (Å²) >= 11 is 1.39. The van der Waals surface area contributed by atoms with Gasteiger partial charge in [-0.3, -0.25) is 0 Å². The Hall–Kier alpha value is -1.21. The smallest absolute Gasteiger partial charge is 0.257 e. The van der Waals surface area contributed by atoms with Gasteiger partial charge in [-0.15, -0.1) is 0 Å². The number of rotatable bonds is 2. The Kier molecular flexibility index (Phi) is 2.74. The third-order valence-corrected chi connectivity index (χ3v) is 5.94. The molecule has 1 aromatic carbocycles. The van der Waals surface area contributed by atoms with E-state index in [1.807, 2.05) is 0 Å². The quantitative estimate of drug-likeness (QED) is 0.844. The van der Waals surface area contributed by atoms with Crippen molar-refractivity contribution in [2.45, 2.75) is 16.9 Å². The number of anilines is 1. The first-order chi connectivity index (χ1) is 8.52. The van der Waals surface area contributed by atoms with Crippen LogP contribution in [0, 0.1) is 0 Å². The molecule has 0 radical (unpaired) electrons. The molecule has 7 heteroatoms. The molecule has 1 aliphatic heterocycles. The highest BCUT2D eigenvalue weighted by molar-refractivity contribution is 8.01. The summed E-state index contributed by atoms with van der Waals surface area (Å²) in [4.78, 5) is 4.31. The molecule has 18 heavy (non-hydrogen) atoms. The fourth-order valence-corrected chi connectivity index (χ4v) is 5.36. The SMILES string of the molecule is Nc1ccc2nc(SC3CCS(=O)(=O)C3)oc2c1. The number of hydrogen-bond donors (Lipinski definition) is 1. The highest BCUT2D eigenvalue weighted by Crippen LogP contribution is 2.32. The van der Waals surface area contributed by atoms with E-state index in [2.05, 4.69) is 4.98 Å². The molecule has 96 valence electrons. The number of sulfone groups is 1. The van der Waals surface area contributed by atoms with Crippen molar-refractivity contribution in [3.8, 4) is 0 Å². The predicted molar refractivity (Wildman–Crippen MR) is 71.3 cm³/mol. The summed E-state index contributed by atoms with van der Waals surface area (Å²) in [5.74, 6) is 0.469. The molecule has 1 saturated heterocycles. The van der Waals surface area contributed by atoms with Crippen LogP contribution in [0.15, 0.2) is 27.8 Å². The Bertz CT molecular complexity index is 693. The van der Waals surface area contributed by atoms with Gasteiger partial charge in [-0.05, 0) is 18.6 Å². The Morgan fingerprint density at radius 2 is 2.28 bits per heavy atom. The first-order valence-corrected chi connectivity index (χ1v) is 8.25. The van der Waals surface area contributed by atoms with Gasteiger partial charge in [0.25, 0.3) is 5.22 Å². The van der Waals surface area contributed by atoms with Gasteiger partial charge in [0.05, 0.1) is 11.5 Å². The second-order valence-electron chi connectivity index (χ2n) is 4.35. The summed E-state index contributed by atoms with van der Waals surface area (Å²) in [6.45, 7) is 0. The Labute approximate surface area is 109 Å². The van der Waals surface area contributed by atoms with E-state index in [0.29, 0.717) is 22.9 Å². The van der Waals surface area contributed by atoms with Gasteiger partial charge in [-0.25, -0.2) is 13.4 Å². The van der Waals surface area contributed by atoms with Crippen molar-refractivity contribution in [2.24, 2.45) is 0 Å². The van der Waals surface area contributed by atoms with Crippen molar-refractivity contribution in [2.75, 3.05) is 17.2 Å². The molecule has 1 aromatic heterocycles. The predicted octanol–water partition coefficient (Wildman–Crippen LogP) is 1.69. The molecule has 2 heterocycles. The van der Waals surface area contributed by atoms with Crippen molar-refractivity contribution in [1.29, 1.82) is 0 Å². The Balaban J connectivity index is 1.83. The molecule has 3 rings (SSSR count). The van der Waals surface area contributed by atoms with Crippen LogP contribution in [0.3, 0.4) is 0 Å². The maximum absolute atomic E-state index is 11.4. The molecule has 1 unspecified atom stereocenters. The first kappa shape index (κ1) is 11.9. The van der Waals surface area contributed by atoms with Gasteiger partial charge < -0.3 is 10.2 Å². The summed E-state index contributed by atoms with van der Waals surface area (Å²) in [6, 6.07) is 5.28. The number of hydrogen-bond acceptors (Lipinski definition) is 6. The molecule has 1 atom stereocenters. The summed E-state index contributed by atoms with van der Waals surface area (Å²) in [7, 11) is -2.86. The lowest BCUT2D eigenvalue weighted by Crippen LogP contribution is -2.05. The molecule has 2 aromatic rings. The zero-order valence-corrected chi connectivity index (χ0v) is 11.1. The van der Waals surface area contributed by atoms with Gasteiger partial charge in [-0.2, -0.15) is 0 Å². The molecule has 0 spiro atoms. The van der Waals surface area contributed by atoms with Gasteiger partial charge >= 0.3 is 0 Å². The number of thioether (sulfide) groups is 1. The molecule has 0 bridgehead atoms. The van der Waals surface area contributed by atoms with Crippen LogP contribution in [-0.2, 0) is 9.84 Å². The van der Waals surface area contributed by atoms with E-state index in [1.165, 1.54) is 11.8 Å². The minimum Gasteiger partial charge on any atom is -0.431 e. The van der Waals surface area contributed by atoms with Gasteiger partial charge in [0.15, 0.2) is 15.4 Å². The zero-order chi connectivity index (χ0) is 12.8. The minimum atomic E-state index is -2.86. The second-order valence-corrected chi connectivity index (χ2v) is 7.83. The minimum absolute atomic E-state index is 0.0420. The third kappa shape index (κ3) is 2.32. The molecule has 0 saturated carbocycles. The molecular formula is C11H12N2O3S2. The molecule has 1 fully saturated rings. The Morgan fingerprint density at radius 1 is 1.44 bits per heavy atom. The lowest BCUT2D eigenvalue weighted by atomic mass is 10.3. The van der Waals surface area contributed by atoms with Crippen LogP contribution < -0.4 is 5.73 Å². The van der Waals surface area contributed by atoms with Crippen LogP contribution in [0.1, 0.15) is 6.42 Å². The lowest BCUT2D eigenvalue weighted by molar-refractivity contribution is 0.488. The first-order valence-electron chi connectivity index (χ1n) is 5.55. The molecule has 1 aliphatic rings. The van der Waals surface area contributed by atoms with Crippen LogP contribution in [0.5, 0.6) is 0 Å². The van der Waals surface area contributed by atoms with Gasteiger partial charge in [0, 0.05) is 17.0 Å². The van der Waals surface area contributed by atoms with Crippen molar-refractivity contribution in [3.05, 3.63) is 18.2 Å². The highest BCUT2D eigenvalue weighted by Gasteiger charge is 2.29. The molecule has 5 nitrogen and oxygen atoms in total.